The van der Waals surface area contributed by atoms with Crippen LogP contribution < -0.4 is 4.74 Å². The van der Waals surface area contributed by atoms with Crippen molar-refractivity contribution in [3.63, 3.8) is 0 Å². The van der Waals surface area contributed by atoms with Gasteiger partial charge >= 0.3 is 5.97 Å². The molecule has 0 radical (unpaired) electrons. The molecule has 114 valence electrons. The van der Waals surface area contributed by atoms with Gasteiger partial charge in [-0.15, -0.1) is 0 Å². The van der Waals surface area contributed by atoms with E-state index in [0.717, 1.165) is 6.42 Å². The number of halogens is 1. The summed E-state index contributed by atoms with van der Waals surface area (Å²) in [6.07, 6.45) is 2.41. The monoisotopic (exact) mass is 300 g/mol. The van der Waals surface area contributed by atoms with Crippen LogP contribution in [-0.4, -0.2) is 17.7 Å². The van der Waals surface area contributed by atoms with Gasteiger partial charge in [0.15, 0.2) is 0 Å². The normalized spacial score (nSPS) is 11.3. The lowest BCUT2D eigenvalue weighted by molar-refractivity contribution is -0.130. The van der Waals surface area contributed by atoms with Crippen molar-refractivity contribution in [2.45, 2.75) is 13.3 Å². The van der Waals surface area contributed by atoms with E-state index in [1.54, 1.807) is 18.2 Å². The quantitative estimate of drug-likeness (QED) is 0.641. The topological polar surface area (TPSA) is 46.5 Å². The first-order valence-electron chi connectivity index (χ1n) is 7.04. The molecule has 2 rings (SSSR count). The van der Waals surface area contributed by atoms with Crippen LogP contribution in [0.25, 0.3) is 11.6 Å². The highest BCUT2D eigenvalue weighted by Gasteiger charge is 2.12. The van der Waals surface area contributed by atoms with E-state index in [-0.39, 0.29) is 5.57 Å². The first-order valence-corrected chi connectivity index (χ1v) is 7.04. The summed E-state index contributed by atoms with van der Waals surface area (Å²) in [4.78, 5) is 11.5. The van der Waals surface area contributed by atoms with Gasteiger partial charge in [-0.2, -0.15) is 0 Å². The predicted octanol–water partition coefficient (Wildman–Crippen LogP) is 4.24. The van der Waals surface area contributed by atoms with Crippen molar-refractivity contribution in [2.24, 2.45) is 0 Å². The van der Waals surface area contributed by atoms with Gasteiger partial charge in [0.05, 0.1) is 12.2 Å². The number of hydrogen-bond donors (Lipinski definition) is 1. The second kappa shape index (κ2) is 7.41. The highest BCUT2D eigenvalue weighted by atomic mass is 19.1. The molecule has 4 heteroatoms. The van der Waals surface area contributed by atoms with Crippen LogP contribution in [0.2, 0.25) is 0 Å². The molecule has 0 unspecified atom stereocenters. The summed E-state index contributed by atoms with van der Waals surface area (Å²) in [6.45, 7) is 2.56. The van der Waals surface area contributed by atoms with Gasteiger partial charge in [0.2, 0.25) is 0 Å². The van der Waals surface area contributed by atoms with Crippen molar-refractivity contribution in [3.8, 4) is 5.75 Å². The molecular formula is C18H17FO3. The van der Waals surface area contributed by atoms with E-state index in [9.17, 15) is 14.3 Å². The maximum atomic E-state index is 13.0. The molecule has 0 atom stereocenters. The molecule has 0 saturated heterocycles. The molecule has 0 bridgehead atoms. The Balaban J connectivity index is 2.42. The van der Waals surface area contributed by atoms with Gasteiger partial charge in [0.1, 0.15) is 11.6 Å². The lowest BCUT2D eigenvalue weighted by Gasteiger charge is -2.09. The number of benzene rings is 2. The molecular weight excluding hydrogens is 283 g/mol. The minimum atomic E-state index is -1.07. The Kier molecular flexibility index (Phi) is 5.31. The fourth-order valence-electron chi connectivity index (χ4n) is 2.00. The average molecular weight is 300 g/mol. The molecule has 0 spiro atoms. The Morgan fingerprint density at radius 1 is 1.18 bits per heavy atom. The molecule has 0 saturated carbocycles. The Hall–Kier alpha value is -2.62. The highest BCUT2D eigenvalue weighted by Crippen LogP contribution is 2.25. The van der Waals surface area contributed by atoms with Crippen molar-refractivity contribution < 1.29 is 19.0 Å². The molecule has 2 aromatic rings. The number of aliphatic carboxylic acids is 1. The Morgan fingerprint density at radius 3 is 2.50 bits per heavy atom. The van der Waals surface area contributed by atoms with Gasteiger partial charge in [-0.1, -0.05) is 37.3 Å². The van der Waals surface area contributed by atoms with Crippen molar-refractivity contribution in [2.75, 3.05) is 6.61 Å². The van der Waals surface area contributed by atoms with Gasteiger partial charge in [-0.05, 0) is 36.3 Å². The molecule has 0 amide bonds. The maximum Gasteiger partial charge on any atom is 0.336 e. The van der Waals surface area contributed by atoms with Crippen molar-refractivity contribution in [1.82, 2.24) is 0 Å². The predicted molar refractivity (Wildman–Crippen MR) is 84.1 cm³/mol. The average Bonchev–Trinajstić information content (AvgIpc) is 2.52. The fourth-order valence-corrected chi connectivity index (χ4v) is 2.00. The van der Waals surface area contributed by atoms with Gasteiger partial charge in [-0.25, -0.2) is 9.18 Å². The first-order chi connectivity index (χ1) is 10.6. The van der Waals surface area contributed by atoms with Crippen LogP contribution in [0.5, 0.6) is 5.75 Å². The van der Waals surface area contributed by atoms with Gasteiger partial charge < -0.3 is 9.84 Å². The van der Waals surface area contributed by atoms with Crippen LogP contribution in [0, 0.1) is 5.82 Å². The number of carbonyl (C=O) groups is 1. The van der Waals surface area contributed by atoms with E-state index >= 15 is 0 Å². The number of carboxylic acids is 1. The standard InChI is InChI=1S/C18H17FO3/c1-2-11-22-17-6-4-3-5-14(17)12-16(18(20)21)13-7-9-15(19)10-8-13/h3-10,12H,2,11H2,1H3,(H,20,21)/b16-12-. The summed E-state index contributed by atoms with van der Waals surface area (Å²) < 4.78 is 18.6. The van der Waals surface area contributed by atoms with Crippen LogP contribution in [0.4, 0.5) is 4.39 Å². The molecule has 22 heavy (non-hydrogen) atoms. The smallest absolute Gasteiger partial charge is 0.336 e. The van der Waals surface area contributed by atoms with Crippen LogP contribution in [-0.2, 0) is 4.79 Å². The summed E-state index contributed by atoms with van der Waals surface area (Å²) in [6, 6.07) is 12.6. The maximum absolute atomic E-state index is 13.0. The second-order valence-electron chi connectivity index (χ2n) is 4.76. The summed E-state index contributed by atoms with van der Waals surface area (Å²) in [5.41, 5.74) is 1.21. The van der Waals surface area contributed by atoms with Crippen molar-refractivity contribution >= 4 is 17.6 Å². The zero-order valence-electron chi connectivity index (χ0n) is 12.3. The number of carboxylic acid groups (broad SMARTS) is 1. The lowest BCUT2D eigenvalue weighted by atomic mass is 10.0. The first kappa shape index (κ1) is 15.8. The molecule has 0 heterocycles. The van der Waals surface area contributed by atoms with Gasteiger partial charge in [0.25, 0.3) is 0 Å². The lowest BCUT2D eigenvalue weighted by Crippen LogP contribution is -2.01. The Morgan fingerprint density at radius 2 is 1.86 bits per heavy atom. The minimum absolute atomic E-state index is 0.0903. The van der Waals surface area contributed by atoms with Crippen LogP contribution in [0.1, 0.15) is 24.5 Å². The van der Waals surface area contributed by atoms with E-state index in [4.69, 9.17) is 4.74 Å². The zero-order valence-corrected chi connectivity index (χ0v) is 12.3. The van der Waals surface area contributed by atoms with E-state index in [0.29, 0.717) is 23.5 Å². The molecule has 3 nitrogen and oxygen atoms in total. The zero-order chi connectivity index (χ0) is 15.9. The van der Waals surface area contributed by atoms with Gasteiger partial charge in [-0.3, -0.25) is 0 Å². The van der Waals surface area contributed by atoms with Crippen molar-refractivity contribution in [3.05, 3.63) is 65.5 Å². The number of para-hydroxylation sites is 1. The minimum Gasteiger partial charge on any atom is -0.493 e. The Labute approximate surface area is 128 Å². The summed E-state index contributed by atoms with van der Waals surface area (Å²) >= 11 is 0. The largest absolute Gasteiger partial charge is 0.493 e. The number of hydrogen-bond acceptors (Lipinski definition) is 2. The third-order valence-corrected chi connectivity index (χ3v) is 3.07. The second-order valence-corrected chi connectivity index (χ2v) is 4.76. The van der Waals surface area contributed by atoms with E-state index in [1.807, 2.05) is 19.1 Å². The summed E-state index contributed by atoms with van der Waals surface area (Å²) in [5, 5.41) is 9.42. The highest BCUT2D eigenvalue weighted by molar-refractivity contribution is 6.20. The third-order valence-electron chi connectivity index (χ3n) is 3.07. The molecule has 2 aromatic carbocycles. The third kappa shape index (κ3) is 3.95. The number of rotatable bonds is 6. The molecule has 0 aliphatic carbocycles. The van der Waals surface area contributed by atoms with Crippen molar-refractivity contribution in [1.29, 1.82) is 0 Å². The number of ether oxygens (including phenoxy) is 1. The molecule has 0 aliphatic rings. The van der Waals surface area contributed by atoms with E-state index in [1.165, 1.54) is 24.3 Å². The molecule has 0 aromatic heterocycles. The van der Waals surface area contributed by atoms with Crippen LogP contribution in [0.3, 0.4) is 0 Å². The SMILES string of the molecule is CCCOc1ccccc1/C=C(\C(=O)O)c1ccc(F)cc1. The van der Waals surface area contributed by atoms with Gasteiger partial charge in [0, 0.05) is 5.56 Å². The molecule has 0 aliphatic heterocycles. The molecule has 0 fully saturated rings. The Bertz CT molecular complexity index is 675. The summed E-state index contributed by atoms with van der Waals surface area (Å²) in [7, 11) is 0. The summed E-state index contributed by atoms with van der Waals surface area (Å²) in [5.74, 6) is -0.845. The van der Waals surface area contributed by atoms with Crippen LogP contribution in [0.15, 0.2) is 48.5 Å². The molecule has 1 N–H and O–H groups in total. The van der Waals surface area contributed by atoms with Crippen LogP contribution >= 0.6 is 0 Å². The van der Waals surface area contributed by atoms with E-state index < -0.39 is 11.8 Å². The fraction of sp³-hybridized carbons (Fsp3) is 0.167. The van der Waals surface area contributed by atoms with E-state index in [2.05, 4.69) is 0 Å².